The molecule has 0 bridgehead atoms. The van der Waals surface area contributed by atoms with Gasteiger partial charge < -0.3 is 9.84 Å². The first-order valence-electron chi connectivity index (χ1n) is 7.56. The van der Waals surface area contributed by atoms with Gasteiger partial charge in [0.2, 0.25) is 5.91 Å². The van der Waals surface area contributed by atoms with Crippen LogP contribution in [0.1, 0.15) is 24.2 Å². The molecule has 1 atom stereocenters. The van der Waals surface area contributed by atoms with Crippen molar-refractivity contribution in [3.05, 3.63) is 41.9 Å². The zero-order valence-corrected chi connectivity index (χ0v) is 12.7. The molecule has 0 spiro atoms. The monoisotopic (exact) mass is 300 g/mol. The van der Waals surface area contributed by atoms with Gasteiger partial charge in [0.05, 0.1) is 18.7 Å². The molecule has 116 valence electrons. The van der Waals surface area contributed by atoms with E-state index < -0.39 is 0 Å². The number of nitrogens with zero attached hydrogens (tertiary/aromatic N) is 3. The van der Waals surface area contributed by atoms with Crippen molar-refractivity contribution in [3.63, 3.8) is 0 Å². The van der Waals surface area contributed by atoms with Gasteiger partial charge in [-0.2, -0.15) is 0 Å². The van der Waals surface area contributed by atoms with Gasteiger partial charge in [-0.25, -0.2) is 4.98 Å². The summed E-state index contributed by atoms with van der Waals surface area (Å²) in [6, 6.07) is 5.64. The minimum atomic E-state index is -0.0141. The Labute approximate surface area is 129 Å². The molecule has 1 aliphatic heterocycles. The normalized spacial score (nSPS) is 19.0. The number of hydrogen-bond donors (Lipinski definition) is 1. The largest absolute Gasteiger partial charge is 0.360 e. The van der Waals surface area contributed by atoms with E-state index in [0.717, 1.165) is 37.3 Å². The van der Waals surface area contributed by atoms with Gasteiger partial charge in [0, 0.05) is 18.8 Å². The number of anilines is 1. The van der Waals surface area contributed by atoms with Gasteiger partial charge in [-0.05, 0) is 37.9 Å². The van der Waals surface area contributed by atoms with Gasteiger partial charge in [-0.3, -0.25) is 9.69 Å². The number of nitrogens with one attached hydrogen (secondary N) is 1. The number of aryl methyl sites for hydroxylation is 1. The standard InChI is InChI=1S/C16H20N4O2/c1-12-4-5-15(17-9-12)19-16(21)13-3-2-8-20(10-13)11-14-6-7-18-22-14/h4-7,9,13H,2-3,8,10-11H2,1H3,(H,17,19,21)/t13-/m0/s1. The molecule has 0 unspecified atom stereocenters. The molecule has 1 amide bonds. The van der Waals surface area contributed by atoms with Gasteiger partial charge in [0.25, 0.3) is 0 Å². The number of carbonyl (C=O) groups is 1. The molecule has 0 saturated carbocycles. The van der Waals surface area contributed by atoms with E-state index in [1.807, 2.05) is 25.1 Å². The lowest BCUT2D eigenvalue weighted by atomic mass is 9.97. The highest BCUT2D eigenvalue weighted by Gasteiger charge is 2.26. The third kappa shape index (κ3) is 3.71. The first-order valence-corrected chi connectivity index (χ1v) is 7.56. The van der Waals surface area contributed by atoms with Crippen LogP contribution < -0.4 is 5.32 Å². The van der Waals surface area contributed by atoms with E-state index >= 15 is 0 Å². The second-order valence-corrected chi connectivity index (χ2v) is 5.76. The molecule has 1 saturated heterocycles. The molecule has 2 aromatic rings. The van der Waals surface area contributed by atoms with Crippen LogP contribution in [0.5, 0.6) is 0 Å². The van der Waals surface area contributed by atoms with E-state index in [4.69, 9.17) is 4.52 Å². The minimum absolute atomic E-state index is 0.0141. The third-order valence-electron chi connectivity index (χ3n) is 3.91. The Kier molecular flexibility index (Phi) is 4.48. The number of rotatable bonds is 4. The molecule has 1 aliphatic rings. The van der Waals surface area contributed by atoms with E-state index in [1.165, 1.54) is 0 Å². The average molecular weight is 300 g/mol. The van der Waals surface area contributed by atoms with E-state index in [-0.39, 0.29) is 11.8 Å². The van der Waals surface area contributed by atoms with Crippen LogP contribution in [-0.4, -0.2) is 34.0 Å². The Morgan fingerprint density at radius 3 is 3.09 bits per heavy atom. The number of aromatic nitrogens is 2. The average Bonchev–Trinajstić information content (AvgIpc) is 3.03. The Morgan fingerprint density at radius 1 is 1.45 bits per heavy atom. The second-order valence-electron chi connectivity index (χ2n) is 5.76. The van der Waals surface area contributed by atoms with Crippen LogP contribution in [0.25, 0.3) is 0 Å². The predicted octanol–water partition coefficient (Wildman–Crippen LogP) is 2.23. The second kappa shape index (κ2) is 6.70. The molecule has 0 radical (unpaired) electrons. The minimum Gasteiger partial charge on any atom is -0.360 e. The summed E-state index contributed by atoms with van der Waals surface area (Å²) in [6.07, 6.45) is 5.32. The first-order chi connectivity index (χ1) is 10.7. The maximum Gasteiger partial charge on any atom is 0.229 e. The zero-order valence-electron chi connectivity index (χ0n) is 12.7. The third-order valence-corrected chi connectivity index (χ3v) is 3.91. The molecule has 0 aliphatic carbocycles. The molecular formula is C16H20N4O2. The summed E-state index contributed by atoms with van der Waals surface area (Å²) in [5, 5.41) is 6.62. The summed E-state index contributed by atoms with van der Waals surface area (Å²) in [5.74, 6) is 1.47. The van der Waals surface area contributed by atoms with Gasteiger partial charge in [-0.15, -0.1) is 0 Å². The summed E-state index contributed by atoms with van der Waals surface area (Å²) in [6.45, 7) is 4.39. The van der Waals surface area contributed by atoms with E-state index in [0.29, 0.717) is 12.4 Å². The molecule has 22 heavy (non-hydrogen) atoms. The lowest BCUT2D eigenvalue weighted by Crippen LogP contribution is -2.40. The van der Waals surface area contributed by atoms with E-state index in [1.54, 1.807) is 12.4 Å². The predicted molar refractivity (Wildman–Crippen MR) is 82.1 cm³/mol. The molecule has 6 heteroatoms. The van der Waals surface area contributed by atoms with Crippen molar-refractivity contribution in [1.29, 1.82) is 0 Å². The highest BCUT2D eigenvalue weighted by Crippen LogP contribution is 2.20. The van der Waals surface area contributed by atoms with Crippen LogP contribution in [-0.2, 0) is 11.3 Å². The summed E-state index contributed by atoms with van der Waals surface area (Å²) in [5.41, 5.74) is 1.08. The smallest absolute Gasteiger partial charge is 0.229 e. The van der Waals surface area contributed by atoms with Crippen LogP contribution in [0.2, 0.25) is 0 Å². The first kappa shape index (κ1) is 14.7. The summed E-state index contributed by atoms with van der Waals surface area (Å²) in [4.78, 5) is 18.8. The number of carbonyl (C=O) groups excluding carboxylic acids is 1. The van der Waals surface area contributed by atoms with Crippen molar-refractivity contribution in [1.82, 2.24) is 15.0 Å². The highest BCUT2D eigenvalue weighted by atomic mass is 16.5. The molecule has 1 N–H and O–H groups in total. The van der Waals surface area contributed by atoms with Crippen LogP contribution in [0.15, 0.2) is 35.1 Å². The molecular weight excluding hydrogens is 280 g/mol. The van der Waals surface area contributed by atoms with Crippen LogP contribution in [0.4, 0.5) is 5.82 Å². The summed E-state index contributed by atoms with van der Waals surface area (Å²) >= 11 is 0. The van der Waals surface area contributed by atoms with Crippen molar-refractivity contribution >= 4 is 11.7 Å². The molecule has 0 aromatic carbocycles. The van der Waals surface area contributed by atoms with Crippen LogP contribution in [0.3, 0.4) is 0 Å². The van der Waals surface area contributed by atoms with Crippen LogP contribution in [0, 0.1) is 12.8 Å². The summed E-state index contributed by atoms with van der Waals surface area (Å²) in [7, 11) is 0. The van der Waals surface area contributed by atoms with Crippen molar-refractivity contribution in [2.45, 2.75) is 26.3 Å². The Hall–Kier alpha value is -2.21. The van der Waals surface area contributed by atoms with E-state index in [9.17, 15) is 4.79 Å². The number of piperidine rings is 1. The fourth-order valence-corrected chi connectivity index (χ4v) is 2.73. The highest BCUT2D eigenvalue weighted by molar-refractivity contribution is 5.91. The Bertz CT molecular complexity index is 610. The fraction of sp³-hybridized carbons (Fsp3) is 0.438. The molecule has 6 nitrogen and oxygen atoms in total. The number of amides is 1. The van der Waals surface area contributed by atoms with Crippen molar-refractivity contribution in [2.75, 3.05) is 18.4 Å². The van der Waals surface area contributed by atoms with Gasteiger partial charge >= 0.3 is 0 Å². The molecule has 1 fully saturated rings. The lowest BCUT2D eigenvalue weighted by molar-refractivity contribution is -0.121. The maximum atomic E-state index is 12.4. The SMILES string of the molecule is Cc1ccc(NC(=O)[C@H]2CCCN(Cc3ccno3)C2)nc1. The molecule has 2 aromatic heterocycles. The van der Waals surface area contributed by atoms with E-state index in [2.05, 4.69) is 20.4 Å². The lowest BCUT2D eigenvalue weighted by Gasteiger charge is -2.31. The van der Waals surface area contributed by atoms with Gasteiger partial charge in [-0.1, -0.05) is 11.2 Å². The Morgan fingerprint density at radius 2 is 2.36 bits per heavy atom. The number of hydrogen-bond acceptors (Lipinski definition) is 5. The number of likely N-dealkylation sites (tertiary alicyclic amines) is 1. The molecule has 3 rings (SSSR count). The molecule has 3 heterocycles. The summed E-state index contributed by atoms with van der Waals surface area (Å²) < 4.78 is 5.14. The fourth-order valence-electron chi connectivity index (χ4n) is 2.73. The quantitative estimate of drug-likeness (QED) is 0.937. The number of pyridine rings is 1. The van der Waals surface area contributed by atoms with Crippen molar-refractivity contribution < 1.29 is 9.32 Å². The van der Waals surface area contributed by atoms with Crippen molar-refractivity contribution in [3.8, 4) is 0 Å². The van der Waals surface area contributed by atoms with Gasteiger partial charge in [0.15, 0.2) is 5.76 Å². The topological polar surface area (TPSA) is 71.3 Å². The van der Waals surface area contributed by atoms with Crippen LogP contribution >= 0.6 is 0 Å². The zero-order chi connectivity index (χ0) is 15.4. The maximum absolute atomic E-state index is 12.4. The van der Waals surface area contributed by atoms with Crippen molar-refractivity contribution in [2.24, 2.45) is 5.92 Å². The van der Waals surface area contributed by atoms with Gasteiger partial charge in [0.1, 0.15) is 5.82 Å². The Balaban J connectivity index is 1.56.